The van der Waals surface area contributed by atoms with Crippen LogP contribution >= 0.6 is 0 Å². The number of nitrogens with one attached hydrogen (secondary N) is 1. The molecule has 0 radical (unpaired) electrons. The molecule has 0 unspecified atom stereocenters. The molecule has 0 atom stereocenters. The molecule has 18 heavy (non-hydrogen) atoms. The minimum absolute atomic E-state index is 0.219. The van der Waals surface area contributed by atoms with Gasteiger partial charge in [0, 0.05) is 0 Å². The second-order valence-corrected chi connectivity index (χ2v) is 3.18. The Kier molecular flexibility index (Phi) is 3.55. The average molecular weight is 264 g/mol. The van der Waals surface area contributed by atoms with Gasteiger partial charge in [0.1, 0.15) is 6.07 Å². The Balaban J connectivity index is 3.00. The summed E-state index contributed by atoms with van der Waals surface area (Å²) in [7, 11) is 0. The van der Waals surface area contributed by atoms with Crippen LogP contribution < -0.4 is 5.32 Å². The van der Waals surface area contributed by atoms with E-state index in [4.69, 9.17) is 5.26 Å². The number of hydrogen-bond acceptors (Lipinski definition) is 2. The zero-order chi connectivity index (χ0) is 14.0. The van der Waals surface area contributed by atoms with Crippen LogP contribution in [0.15, 0.2) is 24.3 Å². The van der Waals surface area contributed by atoms with Gasteiger partial charge in [0.15, 0.2) is 0 Å². The number of benzene rings is 1. The molecule has 8 heteroatoms. The van der Waals surface area contributed by atoms with Gasteiger partial charge in [-0.25, -0.2) is 0 Å². The molecular formula is C10H5F5N2O. The van der Waals surface area contributed by atoms with Crippen LogP contribution in [0.2, 0.25) is 0 Å². The van der Waals surface area contributed by atoms with Crippen LogP contribution in [0.1, 0.15) is 5.56 Å². The van der Waals surface area contributed by atoms with Crippen LogP contribution in [0.5, 0.6) is 0 Å². The van der Waals surface area contributed by atoms with E-state index in [1.54, 1.807) is 6.07 Å². The van der Waals surface area contributed by atoms with Gasteiger partial charge in [-0.2, -0.15) is 27.2 Å². The Morgan fingerprint density at radius 3 is 2.22 bits per heavy atom. The lowest BCUT2D eigenvalue weighted by Crippen LogP contribution is -2.47. The van der Waals surface area contributed by atoms with E-state index < -0.39 is 23.7 Å². The highest BCUT2D eigenvalue weighted by Crippen LogP contribution is 2.36. The third-order valence-corrected chi connectivity index (χ3v) is 1.94. The fraction of sp³-hybridized carbons (Fsp3) is 0.200. The number of carbonyl (C=O) groups is 1. The maximum atomic E-state index is 12.6. The van der Waals surface area contributed by atoms with Crippen LogP contribution in [0.25, 0.3) is 0 Å². The van der Waals surface area contributed by atoms with Crippen molar-refractivity contribution in [1.82, 2.24) is 0 Å². The first-order chi connectivity index (χ1) is 8.20. The van der Waals surface area contributed by atoms with E-state index in [-0.39, 0.29) is 5.56 Å². The molecule has 0 aromatic heterocycles. The Morgan fingerprint density at radius 1 is 1.17 bits per heavy atom. The van der Waals surface area contributed by atoms with Crippen molar-refractivity contribution in [3.05, 3.63) is 29.8 Å². The molecule has 1 N–H and O–H groups in total. The summed E-state index contributed by atoms with van der Waals surface area (Å²) in [5.41, 5.74) is -0.627. The van der Waals surface area contributed by atoms with Gasteiger partial charge in [0.25, 0.3) is 0 Å². The van der Waals surface area contributed by atoms with Crippen molar-refractivity contribution >= 4 is 11.6 Å². The lowest BCUT2D eigenvalue weighted by Gasteiger charge is -2.18. The van der Waals surface area contributed by atoms with Gasteiger partial charge < -0.3 is 5.32 Å². The summed E-state index contributed by atoms with van der Waals surface area (Å²) in [5.74, 6) is -8.05. The van der Waals surface area contributed by atoms with E-state index >= 15 is 0 Å². The minimum atomic E-state index is -5.99. The first-order valence-corrected chi connectivity index (χ1v) is 4.45. The monoisotopic (exact) mass is 264 g/mol. The van der Waals surface area contributed by atoms with Crippen LogP contribution in [0, 0.1) is 11.3 Å². The summed E-state index contributed by atoms with van der Waals surface area (Å²) in [5, 5.41) is 9.96. The molecule has 1 rings (SSSR count). The van der Waals surface area contributed by atoms with Crippen molar-refractivity contribution in [2.24, 2.45) is 0 Å². The summed E-state index contributed by atoms with van der Waals surface area (Å²) in [6, 6.07) is 6.41. The molecule has 0 fully saturated rings. The van der Waals surface area contributed by atoms with Crippen molar-refractivity contribution in [3.63, 3.8) is 0 Å². The Bertz CT molecular complexity index is 504. The lowest BCUT2D eigenvalue weighted by molar-refractivity contribution is -0.267. The molecule has 0 aliphatic heterocycles. The van der Waals surface area contributed by atoms with Crippen LogP contribution in [0.4, 0.5) is 27.6 Å². The number of halogens is 5. The largest absolute Gasteiger partial charge is 0.463 e. The van der Waals surface area contributed by atoms with Crippen molar-refractivity contribution in [3.8, 4) is 6.07 Å². The lowest BCUT2D eigenvalue weighted by atomic mass is 10.2. The number of nitrogens with zero attached hydrogens (tertiary/aromatic N) is 1. The van der Waals surface area contributed by atoms with E-state index in [1.165, 1.54) is 23.5 Å². The smallest absolute Gasteiger partial charge is 0.319 e. The Morgan fingerprint density at radius 2 is 1.72 bits per heavy atom. The van der Waals surface area contributed by atoms with Crippen molar-refractivity contribution in [1.29, 1.82) is 5.26 Å². The first-order valence-electron chi connectivity index (χ1n) is 4.45. The van der Waals surface area contributed by atoms with Gasteiger partial charge in [-0.3, -0.25) is 4.79 Å². The highest BCUT2D eigenvalue weighted by atomic mass is 19.4. The second kappa shape index (κ2) is 4.60. The molecule has 0 saturated carbocycles. The van der Waals surface area contributed by atoms with Gasteiger partial charge in [0.2, 0.25) is 0 Å². The quantitative estimate of drug-likeness (QED) is 0.835. The molecule has 1 aromatic carbocycles. The predicted octanol–water partition coefficient (Wildman–Crippen LogP) is 2.69. The maximum Gasteiger partial charge on any atom is 0.463 e. The zero-order valence-electron chi connectivity index (χ0n) is 8.55. The number of para-hydroxylation sites is 1. The fourth-order valence-electron chi connectivity index (χ4n) is 1.02. The summed E-state index contributed by atoms with van der Waals surface area (Å²) >= 11 is 0. The van der Waals surface area contributed by atoms with Gasteiger partial charge in [0.05, 0.1) is 11.3 Å². The summed E-state index contributed by atoms with van der Waals surface area (Å²) in [4.78, 5) is 10.9. The molecular weight excluding hydrogens is 259 g/mol. The van der Waals surface area contributed by atoms with E-state index in [2.05, 4.69) is 0 Å². The molecule has 0 aliphatic rings. The van der Waals surface area contributed by atoms with Gasteiger partial charge in [-0.05, 0) is 12.1 Å². The highest BCUT2D eigenvalue weighted by Gasteiger charge is 2.63. The number of alkyl halides is 5. The highest BCUT2D eigenvalue weighted by molar-refractivity contribution is 5.97. The van der Waals surface area contributed by atoms with Gasteiger partial charge in [-0.15, -0.1) is 0 Å². The number of carbonyl (C=O) groups excluding carboxylic acids is 1. The fourth-order valence-corrected chi connectivity index (χ4v) is 1.02. The SMILES string of the molecule is N#Cc1ccccc1NC(=O)C(F)(F)C(F)(F)F. The predicted molar refractivity (Wildman–Crippen MR) is 50.8 cm³/mol. The summed E-state index contributed by atoms with van der Waals surface area (Å²) in [6.07, 6.45) is -5.99. The van der Waals surface area contributed by atoms with Crippen LogP contribution in [0.3, 0.4) is 0 Å². The van der Waals surface area contributed by atoms with Crippen LogP contribution in [-0.2, 0) is 4.79 Å². The van der Waals surface area contributed by atoms with E-state index in [9.17, 15) is 26.7 Å². The molecule has 1 aromatic rings. The minimum Gasteiger partial charge on any atom is -0.319 e. The number of nitriles is 1. The number of anilines is 1. The molecule has 0 spiro atoms. The van der Waals surface area contributed by atoms with E-state index in [0.29, 0.717) is 0 Å². The molecule has 0 aliphatic carbocycles. The third-order valence-electron chi connectivity index (χ3n) is 1.94. The van der Waals surface area contributed by atoms with Gasteiger partial charge >= 0.3 is 18.0 Å². The van der Waals surface area contributed by atoms with E-state index in [1.807, 2.05) is 0 Å². The normalized spacial score (nSPS) is 11.8. The summed E-state index contributed by atoms with van der Waals surface area (Å²) < 4.78 is 60.9. The van der Waals surface area contributed by atoms with Crippen LogP contribution in [-0.4, -0.2) is 18.0 Å². The van der Waals surface area contributed by atoms with E-state index in [0.717, 1.165) is 6.07 Å². The Hall–Kier alpha value is -2.17. The molecule has 1 amide bonds. The summed E-state index contributed by atoms with van der Waals surface area (Å²) in [6.45, 7) is 0. The molecule has 0 saturated heterocycles. The number of rotatable bonds is 2. The molecule has 3 nitrogen and oxygen atoms in total. The van der Waals surface area contributed by atoms with Crippen molar-refractivity contribution in [2.75, 3.05) is 5.32 Å². The number of hydrogen-bond donors (Lipinski definition) is 1. The van der Waals surface area contributed by atoms with Gasteiger partial charge in [-0.1, -0.05) is 12.1 Å². The van der Waals surface area contributed by atoms with Crippen molar-refractivity contribution in [2.45, 2.75) is 12.1 Å². The molecule has 0 heterocycles. The standard InChI is InChI=1S/C10H5F5N2O/c11-9(12,10(13,14)15)8(18)17-7-4-2-1-3-6(7)5-16/h1-4H,(H,17,18). The zero-order valence-corrected chi connectivity index (χ0v) is 8.55. The number of amides is 1. The van der Waals surface area contributed by atoms with Crippen molar-refractivity contribution < 1.29 is 26.7 Å². The third kappa shape index (κ3) is 2.56. The first kappa shape index (κ1) is 13.9. The molecule has 0 bridgehead atoms. The molecule has 96 valence electrons. The average Bonchev–Trinajstić information content (AvgIpc) is 2.28. The Labute approximate surface area is 97.8 Å². The maximum absolute atomic E-state index is 12.6. The second-order valence-electron chi connectivity index (χ2n) is 3.18. The topological polar surface area (TPSA) is 52.9 Å².